The van der Waals surface area contributed by atoms with Crippen molar-refractivity contribution < 1.29 is 5.11 Å². The molecule has 0 aromatic carbocycles. The molecule has 0 aliphatic carbocycles. The molecule has 1 aromatic rings. The van der Waals surface area contributed by atoms with E-state index >= 15 is 0 Å². The number of piperidine rings is 1. The fourth-order valence-electron chi connectivity index (χ4n) is 2.58. The first-order valence-corrected chi connectivity index (χ1v) is 6.98. The summed E-state index contributed by atoms with van der Waals surface area (Å²) in [6.45, 7) is 7.71. The largest absolute Gasteiger partial charge is 0.396 e. The van der Waals surface area contributed by atoms with Gasteiger partial charge in [0.25, 0.3) is 0 Å². The number of aliphatic hydroxyl groups excluding tert-OH is 1. The summed E-state index contributed by atoms with van der Waals surface area (Å²) in [4.78, 5) is 7.13. The summed E-state index contributed by atoms with van der Waals surface area (Å²) in [5, 5.41) is 9.25. The molecule has 1 fully saturated rings. The van der Waals surface area contributed by atoms with Crippen molar-refractivity contribution in [2.75, 3.05) is 19.7 Å². The third-order valence-corrected chi connectivity index (χ3v) is 3.67. The van der Waals surface area contributed by atoms with E-state index < -0.39 is 0 Å². The molecule has 3 heteroatoms. The maximum atomic E-state index is 9.25. The number of aromatic nitrogens is 1. The van der Waals surface area contributed by atoms with Gasteiger partial charge in [0, 0.05) is 25.4 Å². The normalized spacial score (nSPS) is 21.4. The molecule has 1 atom stereocenters. The molecule has 0 spiro atoms. The van der Waals surface area contributed by atoms with Gasteiger partial charge in [0.15, 0.2) is 0 Å². The van der Waals surface area contributed by atoms with Crippen molar-refractivity contribution in [3.8, 4) is 0 Å². The zero-order chi connectivity index (χ0) is 13.0. The molecule has 3 nitrogen and oxygen atoms in total. The second-order valence-corrected chi connectivity index (χ2v) is 5.63. The van der Waals surface area contributed by atoms with Crippen molar-refractivity contribution in [3.63, 3.8) is 0 Å². The van der Waals surface area contributed by atoms with E-state index in [4.69, 9.17) is 4.98 Å². The Bertz CT molecular complexity index is 379. The van der Waals surface area contributed by atoms with Gasteiger partial charge < -0.3 is 5.11 Å². The Labute approximate surface area is 110 Å². The molecule has 1 unspecified atom stereocenters. The number of aliphatic hydroxyl groups is 1. The minimum atomic E-state index is 0.315. The Balaban J connectivity index is 1.98. The third kappa shape index (κ3) is 3.53. The minimum Gasteiger partial charge on any atom is -0.396 e. The Kier molecular flexibility index (Phi) is 4.72. The number of pyridine rings is 1. The van der Waals surface area contributed by atoms with Crippen molar-refractivity contribution >= 4 is 0 Å². The maximum Gasteiger partial charge on any atom is 0.0547 e. The van der Waals surface area contributed by atoms with Crippen LogP contribution in [0.4, 0.5) is 0 Å². The van der Waals surface area contributed by atoms with Crippen LogP contribution in [0.3, 0.4) is 0 Å². The predicted octanol–water partition coefficient (Wildman–Crippen LogP) is 2.41. The van der Waals surface area contributed by atoms with Crippen LogP contribution in [0.25, 0.3) is 0 Å². The van der Waals surface area contributed by atoms with Gasteiger partial charge in [0.1, 0.15) is 0 Å². The number of rotatable bonds is 4. The van der Waals surface area contributed by atoms with Crippen LogP contribution in [-0.2, 0) is 6.54 Å². The van der Waals surface area contributed by atoms with Crippen LogP contribution < -0.4 is 0 Å². The minimum absolute atomic E-state index is 0.315. The molecular weight excluding hydrogens is 224 g/mol. The van der Waals surface area contributed by atoms with E-state index in [-0.39, 0.29) is 0 Å². The molecule has 0 bridgehead atoms. The number of likely N-dealkylation sites (tertiary alicyclic amines) is 1. The topological polar surface area (TPSA) is 36.4 Å². The lowest BCUT2D eigenvalue weighted by atomic mass is 9.99. The third-order valence-electron chi connectivity index (χ3n) is 3.67. The monoisotopic (exact) mass is 248 g/mol. The Morgan fingerprint density at radius 2 is 2.28 bits per heavy atom. The highest BCUT2D eigenvalue weighted by atomic mass is 16.3. The van der Waals surface area contributed by atoms with E-state index in [9.17, 15) is 5.11 Å². The summed E-state index contributed by atoms with van der Waals surface area (Å²) in [6.07, 6.45) is 2.35. The second-order valence-electron chi connectivity index (χ2n) is 5.63. The van der Waals surface area contributed by atoms with Gasteiger partial charge in [0.05, 0.1) is 5.69 Å². The molecule has 0 amide bonds. The van der Waals surface area contributed by atoms with Gasteiger partial charge in [-0.25, -0.2) is 0 Å². The van der Waals surface area contributed by atoms with Crippen LogP contribution in [0.15, 0.2) is 18.2 Å². The van der Waals surface area contributed by atoms with Crippen molar-refractivity contribution in [2.24, 2.45) is 5.92 Å². The quantitative estimate of drug-likeness (QED) is 0.889. The van der Waals surface area contributed by atoms with Crippen molar-refractivity contribution in [1.82, 2.24) is 9.88 Å². The Hall–Kier alpha value is -0.930. The first-order chi connectivity index (χ1) is 8.69. The van der Waals surface area contributed by atoms with Crippen LogP contribution >= 0.6 is 0 Å². The predicted molar refractivity (Wildman–Crippen MR) is 73.4 cm³/mol. The Morgan fingerprint density at radius 1 is 1.44 bits per heavy atom. The van der Waals surface area contributed by atoms with Crippen LogP contribution in [-0.4, -0.2) is 34.7 Å². The van der Waals surface area contributed by atoms with Gasteiger partial charge in [-0.15, -0.1) is 0 Å². The number of nitrogens with zero attached hydrogens (tertiary/aromatic N) is 2. The first kappa shape index (κ1) is 13.5. The van der Waals surface area contributed by atoms with Gasteiger partial charge in [-0.3, -0.25) is 9.88 Å². The highest BCUT2D eigenvalue weighted by Gasteiger charge is 2.19. The molecule has 0 saturated carbocycles. The summed E-state index contributed by atoms with van der Waals surface area (Å²) in [7, 11) is 0. The molecule has 1 aromatic heterocycles. The van der Waals surface area contributed by atoms with Crippen LogP contribution in [0.5, 0.6) is 0 Å². The summed E-state index contributed by atoms with van der Waals surface area (Å²) in [6, 6.07) is 6.31. The van der Waals surface area contributed by atoms with Gasteiger partial charge in [-0.1, -0.05) is 19.9 Å². The fraction of sp³-hybridized carbons (Fsp3) is 0.667. The zero-order valence-corrected chi connectivity index (χ0v) is 11.5. The summed E-state index contributed by atoms with van der Waals surface area (Å²) in [5.74, 6) is 0.934. The molecule has 0 radical (unpaired) electrons. The van der Waals surface area contributed by atoms with E-state index in [1.807, 2.05) is 0 Å². The number of hydrogen-bond donors (Lipinski definition) is 1. The lowest BCUT2D eigenvalue weighted by molar-refractivity contribution is 0.115. The average molecular weight is 248 g/mol. The highest BCUT2D eigenvalue weighted by molar-refractivity contribution is 5.13. The van der Waals surface area contributed by atoms with Crippen molar-refractivity contribution in [1.29, 1.82) is 0 Å². The molecule has 1 aliphatic heterocycles. The van der Waals surface area contributed by atoms with E-state index in [0.717, 1.165) is 31.7 Å². The van der Waals surface area contributed by atoms with E-state index in [2.05, 4.69) is 36.9 Å². The first-order valence-electron chi connectivity index (χ1n) is 6.98. The second kappa shape index (κ2) is 6.30. The van der Waals surface area contributed by atoms with E-state index in [0.29, 0.717) is 18.4 Å². The standard InChI is InChI=1S/C15H24N2O/c1-12(2)15-7-3-6-14(16-15)10-17-8-4-5-13(9-17)11-18/h3,6-7,12-13,18H,4-5,8-11H2,1-2H3. The van der Waals surface area contributed by atoms with E-state index in [1.54, 1.807) is 0 Å². The summed E-state index contributed by atoms with van der Waals surface area (Å²) >= 11 is 0. The molecule has 18 heavy (non-hydrogen) atoms. The average Bonchev–Trinajstić information content (AvgIpc) is 2.39. The van der Waals surface area contributed by atoms with E-state index in [1.165, 1.54) is 12.1 Å². The maximum absolute atomic E-state index is 9.25. The van der Waals surface area contributed by atoms with Crippen molar-refractivity contribution in [2.45, 2.75) is 39.2 Å². The molecule has 100 valence electrons. The van der Waals surface area contributed by atoms with Crippen LogP contribution in [0, 0.1) is 5.92 Å². The number of hydrogen-bond acceptors (Lipinski definition) is 3. The molecular formula is C15H24N2O. The van der Waals surface area contributed by atoms with Gasteiger partial charge in [-0.2, -0.15) is 0 Å². The highest BCUT2D eigenvalue weighted by Crippen LogP contribution is 2.18. The molecule has 1 N–H and O–H groups in total. The van der Waals surface area contributed by atoms with Crippen LogP contribution in [0.1, 0.15) is 44.0 Å². The van der Waals surface area contributed by atoms with Gasteiger partial charge >= 0.3 is 0 Å². The smallest absolute Gasteiger partial charge is 0.0547 e. The van der Waals surface area contributed by atoms with Crippen molar-refractivity contribution in [3.05, 3.63) is 29.6 Å². The molecule has 1 saturated heterocycles. The van der Waals surface area contributed by atoms with Gasteiger partial charge in [-0.05, 0) is 43.4 Å². The van der Waals surface area contributed by atoms with Crippen LogP contribution in [0.2, 0.25) is 0 Å². The lowest BCUT2D eigenvalue weighted by Gasteiger charge is -2.31. The fourth-order valence-corrected chi connectivity index (χ4v) is 2.58. The summed E-state index contributed by atoms with van der Waals surface area (Å²) in [5.41, 5.74) is 2.32. The SMILES string of the molecule is CC(C)c1cccc(CN2CCCC(CO)C2)n1. The van der Waals surface area contributed by atoms with Gasteiger partial charge in [0.2, 0.25) is 0 Å². The lowest BCUT2D eigenvalue weighted by Crippen LogP contribution is -2.36. The summed E-state index contributed by atoms with van der Waals surface area (Å²) < 4.78 is 0. The molecule has 2 heterocycles. The Morgan fingerprint density at radius 3 is 3.00 bits per heavy atom. The zero-order valence-electron chi connectivity index (χ0n) is 11.5. The molecule has 1 aliphatic rings. The molecule has 2 rings (SSSR count).